The lowest BCUT2D eigenvalue weighted by atomic mass is 9.86. The lowest BCUT2D eigenvalue weighted by Gasteiger charge is -2.46. The number of carbonyl (C=O) groups excluding carboxylic acids is 1. The zero-order valence-corrected chi connectivity index (χ0v) is 24.3. The van der Waals surface area contributed by atoms with E-state index in [-0.39, 0.29) is 43.7 Å². The third-order valence-electron chi connectivity index (χ3n) is 8.13. The molecule has 1 aromatic heterocycles. The molecule has 2 saturated heterocycles. The Morgan fingerprint density at radius 3 is 2.60 bits per heavy atom. The molecule has 0 aliphatic carbocycles. The highest BCUT2D eigenvalue weighted by molar-refractivity contribution is 5.85. The molecule has 3 aliphatic rings. The number of amides is 1. The van der Waals surface area contributed by atoms with Crippen LogP contribution in [-0.2, 0) is 15.9 Å². The van der Waals surface area contributed by atoms with E-state index < -0.39 is 23.9 Å². The van der Waals surface area contributed by atoms with E-state index in [4.69, 9.17) is 14.2 Å². The number of alkyl halides is 3. The van der Waals surface area contributed by atoms with E-state index in [2.05, 4.69) is 10.3 Å². The number of aromatic nitrogens is 1. The standard InChI is InChI=1S/C31H37F3N4O4/c1-18-11-23-21-7-5-6-8-24(21)36-26(23)27(38(18)15-31(34)16-40-17-31)22-10-9-19(12-25(22)41-28(32)33)35-20-13-37(14-20)29(39)42-30(2,3)4/h5-10,12,18,20,27-28,35-36H,11,13-17H2,1-4H3/t18-,27-/m1/s1. The Morgan fingerprint density at radius 1 is 1.19 bits per heavy atom. The number of nitrogens with zero attached hydrogens (tertiary/aromatic N) is 2. The SMILES string of the molecule is C[C@@H]1Cc2c([nH]c3ccccc23)[C@@H](c2ccc(NC3CN(C(=O)OC(C)(C)C)C3)cc2OC(F)F)N1CC1(F)COC1. The highest BCUT2D eigenvalue weighted by atomic mass is 19.3. The van der Waals surface area contributed by atoms with Gasteiger partial charge in [0, 0.05) is 59.6 Å². The maximum atomic E-state index is 15.5. The minimum absolute atomic E-state index is 0.00739. The second-order valence-corrected chi connectivity index (χ2v) is 12.7. The monoisotopic (exact) mass is 586 g/mol. The Morgan fingerprint density at radius 2 is 1.93 bits per heavy atom. The van der Waals surface area contributed by atoms with Gasteiger partial charge in [-0.05, 0) is 51.8 Å². The number of benzene rings is 2. The van der Waals surface area contributed by atoms with Crippen molar-refractivity contribution in [2.45, 2.75) is 70.1 Å². The molecule has 2 fully saturated rings. The first-order valence-electron chi connectivity index (χ1n) is 14.3. The number of likely N-dealkylation sites (tertiary alicyclic amines) is 1. The zero-order chi connectivity index (χ0) is 29.8. The van der Waals surface area contributed by atoms with Gasteiger partial charge in [-0.25, -0.2) is 9.18 Å². The zero-order valence-electron chi connectivity index (χ0n) is 24.3. The van der Waals surface area contributed by atoms with Crippen LogP contribution in [0.3, 0.4) is 0 Å². The molecule has 1 amide bonds. The summed E-state index contributed by atoms with van der Waals surface area (Å²) >= 11 is 0. The van der Waals surface area contributed by atoms with E-state index in [1.807, 2.05) is 62.9 Å². The summed E-state index contributed by atoms with van der Waals surface area (Å²) in [6, 6.07) is 12.4. The third kappa shape index (κ3) is 5.64. The largest absolute Gasteiger partial charge is 0.444 e. The first-order chi connectivity index (χ1) is 19.9. The van der Waals surface area contributed by atoms with E-state index in [0.717, 1.165) is 22.2 Å². The van der Waals surface area contributed by atoms with Crippen LogP contribution in [0.25, 0.3) is 10.9 Å². The van der Waals surface area contributed by atoms with Crippen LogP contribution in [0.2, 0.25) is 0 Å². The van der Waals surface area contributed by atoms with Crippen LogP contribution in [-0.4, -0.2) is 83.7 Å². The van der Waals surface area contributed by atoms with Crippen molar-refractivity contribution >= 4 is 22.7 Å². The predicted octanol–water partition coefficient (Wildman–Crippen LogP) is 5.88. The van der Waals surface area contributed by atoms with Gasteiger partial charge >= 0.3 is 12.7 Å². The molecule has 3 aromatic rings. The summed E-state index contributed by atoms with van der Waals surface area (Å²) in [5.74, 6) is 0.0183. The van der Waals surface area contributed by atoms with Crippen LogP contribution in [0.15, 0.2) is 42.5 Å². The Kier molecular flexibility index (Phi) is 7.29. The van der Waals surface area contributed by atoms with Crippen molar-refractivity contribution in [3.05, 3.63) is 59.3 Å². The lowest BCUT2D eigenvalue weighted by molar-refractivity contribution is -0.148. The van der Waals surface area contributed by atoms with E-state index in [0.29, 0.717) is 30.8 Å². The van der Waals surface area contributed by atoms with Gasteiger partial charge in [0.2, 0.25) is 0 Å². The number of ether oxygens (including phenoxy) is 3. The van der Waals surface area contributed by atoms with Gasteiger partial charge < -0.3 is 29.4 Å². The van der Waals surface area contributed by atoms with Crippen molar-refractivity contribution in [2.75, 3.05) is 38.2 Å². The molecule has 0 spiro atoms. The summed E-state index contributed by atoms with van der Waals surface area (Å²) < 4.78 is 58.8. The molecule has 6 rings (SSSR count). The molecule has 2 N–H and O–H groups in total. The van der Waals surface area contributed by atoms with Gasteiger partial charge in [0.05, 0.1) is 25.3 Å². The van der Waals surface area contributed by atoms with Crippen LogP contribution in [0.4, 0.5) is 23.7 Å². The van der Waals surface area contributed by atoms with Gasteiger partial charge in [-0.2, -0.15) is 8.78 Å². The number of halogens is 3. The van der Waals surface area contributed by atoms with Crippen molar-refractivity contribution in [1.82, 2.24) is 14.8 Å². The van der Waals surface area contributed by atoms with Gasteiger partial charge in [-0.15, -0.1) is 0 Å². The molecular formula is C31H37F3N4O4. The van der Waals surface area contributed by atoms with Crippen LogP contribution in [0.5, 0.6) is 5.75 Å². The van der Waals surface area contributed by atoms with Crippen LogP contribution in [0.1, 0.15) is 50.6 Å². The van der Waals surface area contributed by atoms with Crippen molar-refractivity contribution in [3.8, 4) is 5.75 Å². The molecule has 0 unspecified atom stereocenters. The number of carbonyl (C=O) groups is 1. The molecule has 8 nitrogen and oxygen atoms in total. The molecule has 0 radical (unpaired) electrons. The predicted molar refractivity (Wildman–Crippen MR) is 153 cm³/mol. The first-order valence-corrected chi connectivity index (χ1v) is 14.3. The van der Waals surface area contributed by atoms with Gasteiger partial charge in [0.25, 0.3) is 0 Å². The second kappa shape index (κ2) is 10.7. The first kappa shape index (κ1) is 28.7. The molecule has 4 heterocycles. The number of fused-ring (bicyclic) bond motifs is 3. The summed E-state index contributed by atoms with van der Waals surface area (Å²) in [6.45, 7) is 5.40. The second-order valence-electron chi connectivity index (χ2n) is 12.7. The molecule has 0 bridgehead atoms. The molecule has 3 aliphatic heterocycles. The van der Waals surface area contributed by atoms with E-state index >= 15 is 4.39 Å². The van der Waals surface area contributed by atoms with Crippen molar-refractivity contribution < 1.29 is 32.2 Å². The number of para-hydroxylation sites is 1. The quantitative estimate of drug-likeness (QED) is 0.360. The van der Waals surface area contributed by atoms with Crippen LogP contribution in [0, 0.1) is 0 Å². The molecular weight excluding hydrogens is 549 g/mol. The number of aromatic amines is 1. The number of anilines is 1. The van der Waals surface area contributed by atoms with Gasteiger partial charge in [0.15, 0.2) is 5.67 Å². The highest BCUT2D eigenvalue weighted by Gasteiger charge is 2.46. The summed E-state index contributed by atoms with van der Waals surface area (Å²) in [7, 11) is 0. The summed E-state index contributed by atoms with van der Waals surface area (Å²) in [4.78, 5) is 19.4. The number of rotatable bonds is 7. The van der Waals surface area contributed by atoms with E-state index in [9.17, 15) is 13.6 Å². The topological polar surface area (TPSA) is 79.1 Å². The molecule has 11 heteroatoms. The number of H-pyrrole nitrogens is 1. The molecule has 0 saturated carbocycles. The Hall–Kier alpha value is -3.44. The number of hydrogen-bond donors (Lipinski definition) is 2. The third-order valence-corrected chi connectivity index (χ3v) is 8.13. The van der Waals surface area contributed by atoms with Crippen molar-refractivity contribution in [3.63, 3.8) is 0 Å². The van der Waals surface area contributed by atoms with E-state index in [1.54, 1.807) is 17.0 Å². The van der Waals surface area contributed by atoms with Crippen molar-refractivity contribution in [1.29, 1.82) is 0 Å². The van der Waals surface area contributed by atoms with Gasteiger partial charge in [-0.3, -0.25) is 4.90 Å². The van der Waals surface area contributed by atoms with Crippen molar-refractivity contribution in [2.24, 2.45) is 0 Å². The summed E-state index contributed by atoms with van der Waals surface area (Å²) in [5, 5.41) is 4.38. The molecule has 2 aromatic carbocycles. The lowest BCUT2D eigenvalue weighted by Crippen LogP contribution is -2.58. The fourth-order valence-corrected chi connectivity index (χ4v) is 6.16. The van der Waals surface area contributed by atoms with Gasteiger partial charge in [-0.1, -0.05) is 24.3 Å². The number of hydrogen-bond acceptors (Lipinski definition) is 6. The average Bonchev–Trinajstić information content (AvgIpc) is 3.22. The smallest absolute Gasteiger partial charge is 0.410 e. The Bertz CT molecular complexity index is 1460. The van der Waals surface area contributed by atoms with Crippen LogP contribution < -0.4 is 10.1 Å². The average molecular weight is 587 g/mol. The van der Waals surface area contributed by atoms with E-state index in [1.165, 1.54) is 0 Å². The van der Waals surface area contributed by atoms with Crippen LogP contribution >= 0.6 is 0 Å². The maximum absolute atomic E-state index is 15.5. The summed E-state index contributed by atoms with van der Waals surface area (Å²) in [6.07, 6.45) is 0.300. The highest BCUT2D eigenvalue weighted by Crippen LogP contribution is 2.45. The Labute approximate surface area is 243 Å². The minimum Gasteiger partial charge on any atom is -0.444 e. The number of nitrogens with one attached hydrogen (secondary N) is 2. The normalized spacial score (nSPS) is 22.4. The fraction of sp³-hybridized carbons (Fsp3) is 0.516. The molecule has 226 valence electrons. The minimum atomic E-state index is -3.05. The van der Waals surface area contributed by atoms with Gasteiger partial charge in [0.1, 0.15) is 11.4 Å². The summed E-state index contributed by atoms with van der Waals surface area (Å²) in [5.41, 5.74) is 1.90. The molecule has 42 heavy (non-hydrogen) atoms. The maximum Gasteiger partial charge on any atom is 0.410 e. The fourth-order valence-electron chi connectivity index (χ4n) is 6.16. The molecule has 2 atom stereocenters. The Balaban J connectivity index is 1.32.